The van der Waals surface area contributed by atoms with E-state index in [0.29, 0.717) is 28.5 Å². The zero-order chi connectivity index (χ0) is 39.4. The lowest BCUT2D eigenvalue weighted by molar-refractivity contribution is 0.0688. The average molecular weight is 755 g/mol. The molecule has 13 heteroatoms. The first kappa shape index (κ1) is 38.9. The summed E-state index contributed by atoms with van der Waals surface area (Å²) in [5.41, 5.74) is 8.87. The van der Waals surface area contributed by atoms with Crippen molar-refractivity contribution in [3.63, 3.8) is 0 Å². The maximum Gasteiger partial charge on any atom is 0.356 e. The van der Waals surface area contributed by atoms with E-state index >= 15 is 0 Å². The van der Waals surface area contributed by atoms with Gasteiger partial charge in [0.25, 0.3) is 5.91 Å². The number of aromatic carboxylic acids is 1. The summed E-state index contributed by atoms with van der Waals surface area (Å²) in [6.07, 6.45) is 6.16. The highest BCUT2D eigenvalue weighted by atomic mass is 16.5. The topological polar surface area (TPSA) is 158 Å². The first-order valence-electron chi connectivity index (χ1n) is 17.9. The molecule has 4 aromatic carbocycles. The van der Waals surface area contributed by atoms with Gasteiger partial charge in [-0.3, -0.25) is 20.2 Å². The van der Waals surface area contributed by atoms with Gasteiger partial charge in [-0.1, -0.05) is 6.42 Å². The predicted molar refractivity (Wildman–Crippen MR) is 212 cm³/mol. The van der Waals surface area contributed by atoms with Crippen LogP contribution >= 0.6 is 0 Å². The van der Waals surface area contributed by atoms with Crippen LogP contribution in [0.15, 0.2) is 109 Å². The summed E-state index contributed by atoms with van der Waals surface area (Å²) < 4.78 is 20.9. The van der Waals surface area contributed by atoms with Gasteiger partial charge in [-0.05, 0) is 110 Å². The molecule has 7 rings (SSSR count). The Hall–Kier alpha value is -6.86. The molecule has 0 radical (unpaired) electrons. The minimum Gasteiger partial charge on any atom is -0.497 e. The van der Waals surface area contributed by atoms with Gasteiger partial charge >= 0.3 is 5.97 Å². The van der Waals surface area contributed by atoms with Crippen LogP contribution < -0.4 is 24.4 Å². The van der Waals surface area contributed by atoms with Crippen LogP contribution in [-0.4, -0.2) is 83.5 Å². The first-order valence-corrected chi connectivity index (χ1v) is 17.9. The fraction of sp³-hybridized carbons (Fsp3) is 0.209. The third kappa shape index (κ3) is 9.43. The van der Waals surface area contributed by atoms with Crippen LogP contribution in [0.25, 0.3) is 45.0 Å². The number of hydrogen-bond acceptors (Lipinski definition) is 11. The van der Waals surface area contributed by atoms with E-state index in [1.807, 2.05) is 89.9 Å². The van der Waals surface area contributed by atoms with Gasteiger partial charge in [0.05, 0.1) is 63.6 Å². The number of carbonyl (C=O) groups excluding carboxylic acids is 1. The molecular formula is C43H42N6O7. The molecule has 56 heavy (non-hydrogen) atoms. The Morgan fingerprint density at radius 3 is 1.21 bits per heavy atom. The van der Waals surface area contributed by atoms with Gasteiger partial charge in [0.1, 0.15) is 28.7 Å². The molecule has 2 aromatic heterocycles. The fourth-order valence-electron chi connectivity index (χ4n) is 6.02. The molecule has 0 spiro atoms. The largest absolute Gasteiger partial charge is 0.497 e. The number of piperidine rings is 1. The number of methoxy groups -OCH3 is 4. The lowest BCUT2D eigenvalue weighted by Gasteiger charge is -2.26. The summed E-state index contributed by atoms with van der Waals surface area (Å²) in [6, 6.07) is 29.8. The van der Waals surface area contributed by atoms with Gasteiger partial charge < -0.3 is 24.1 Å². The number of carbonyl (C=O) groups is 2. The summed E-state index contributed by atoms with van der Waals surface area (Å²) in [4.78, 5) is 42.1. The third-order valence-corrected chi connectivity index (χ3v) is 9.07. The minimum atomic E-state index is -1.12. The molecule has 286 valence electrons. The van der Waals surface area contributed by atoms with Crippen LogP contribution in [0.4, 0.5) is 0 Å². The number of carboxylic acid groups (broad SMARTS) is 1. The molecule has 1 amide bonds. The monoisotopic (exact) mass is 754 g/mol. The van der Waals surface area contributed by atoms with Crippen molar-refractivity contribution in [3.8, 4) is 68.0 Å². The molecule has 3 heterocycles. The molecule has 0 unspecified atom stereocenters. The van der Waals surface area contributed by atoms with Crippen molar-refractivity contribution in [1.29, 1.82) is 0 Å². The molecule has 6 aromatic rings. The highest BCUT2D eigenvalue weighted by molar-refractivity contribution is 5.93. The average Bonchev–Trinajstić information content (AvgIpc) is 3.26. The Labute approximate surface area is 324 Å². The Morgan fingerprint density at radius 2 is 0.857 bits per heavy atom. The summed E-state index contributed by atoms with van der Waals surface area (Å²) in [5.74, 6) is 1.58. The molecule has 1 saturated heterocycles. The smallest absolute Gasteiger partial charge is 0.356 e. The van der Waals surface area contributed by atoms with Crippen molar-refractivity contribution in [3.05, 3.63) is 121 Å². The first-order chi connectivity index (χ1) is 27.3. The number of aromatic nitrogens is 4. The number of nitrogens with zero attached hydrogens (tertiary/aromatic N) is 5. The van der Waals surface area contributed by atoms with Crippen LogP contribution in [0.3, 0.4) is 0 Å². The summed E-state index contributed by atoms with van der Waals surface area (Å²) >= 11 is 0. The van der Waals surface area contributed by atoms with E-state index < -0.39 is 5.97 Å². The molecule has 0 saturated carbocycles. The van der Waals surface area contributed by atoms with Crippen molar-refractivity contribution in [2.75, 3.05) is 41.5 Å². The van der Waals surface area contributed by atoms with E-state index in [4.69, 9.17) is 23.9 Å². The van der Waals surface area contributed by atoms with Crippen molar-refractivity contribution >= 4 is 11.9 Å². The lowest BCUT2D eigenvalue weighted by atomic mass is 10.0. The number of nitrogens with one attached hydrogen (secondary N) is 1. The van der Waals surface area contributed by atoms with Gasteiger partial charge in [0.15, 0.2) is 5.69 Å². The van der Waals surface area contributed by atoms with Crippen LogP contribution in [0.5, 0.6) is 23.0 Å². The lowest BCUT2D eigenvalue weighted by Crippen LogP contribution is -2.45. The van der Waals surface area contributed by atoms with Gasteiger partial charge in [-0.25, -0.2) is 19.8 Å². The molecule has 0 aliphatic carbocycles. The summed E-state index contributed by atoms with van der Waals surface area (Å²) in [5, 5.41) is 11.2. The van der Waals surface area contributed by atoms with Gasteiger partial charge in [0.2, 0.25) is 0 Å². The Balaban J connectivity index is 0.000000194. The number of amides is 1. The number of carboxylic acids is 1. The van der Waals surface area contributed by atoms with E-state index in [1.54, 1.807) is 40.6 Å². The molecule has 0 atom stereocenters. The number of rotatable bonds is 11. The number of benzene rings is 4. The molecule has 1 fully saturated rings. The molecule has 1 aliphatic rings. The Morgan fingerprint density at radius 1 is 0.518 bits per heavy atom. The molecule has 0 bridgehead atoms. The van der Waals surface area contributed by atoms with Crippen molar-refractivity contribution in [2.45, 2.75) is 19.3 Å². The van der Waals surface area contributed by atoms with E-state index in [2.05, 4.69) is 20.4 Å². The number of hydrogen-bond donors (Lipinski definition) is 2. The molecule has 13 nitrogen and oxygen atoms in total. The standard InChI is InChI=1S/C24H26N4O3.C19H16N2O4/c1-30-19-10-6-17(7-11-19)22-23(18-8-12-20(31-2)13-9-18)26-21(16-25-22)24(29)27-28-14-4-3-5-15-28;1-24-14-7-3-12(4-8-14)17-18(21-16(11-20-17)19(22)23)13-5-9-15(25-2)10-6-13/h6-13,16H,3-5,14-15H2,1-2H3,(H,27,29);3-11H,1-2H3,(H,22,23). The highest BCUT2D eigenvalue weighted by Gasteiger charge is 2.20. The van der Waals surface area contributed by atoms with Crippen LogP contribution in [0.2, 0.25) is 0 Å². The second-order valence-corrected chi connectivity index (χ2v) is 12.6. The zero-order valence-corrected chi connectivity index (χ0v) is 31.6. The summed E-state index contributed by atoms with van der Waals surface area (Å²) in [6.45, 7) is 1.71. The Bertz CT molecular complexity index is 2240. The van der Waals surface area contributed by atoms with Crippen LogP contribution in [0, 0.1) is 0 Å². The predicted octanol–water partition coefficient (Wildman–Crippen LogP) is 7.48. The molecular weight excluding hydrogens is 713 g/mol. The van der Waals surface area contributed by atoms with Crippen LogP contribution in [-0.2, 0) is 0 Å². The fourth-order valence-corrected chi connectivity index (χ4v) is 6.02. The van der Waals surface area contributed by atoms with E-state index in [1.165, 1.54) is 18.8 Å². The zero-order valence-electron chi connectivity index (χ0n) is 31.6. The number of hydrazine groups is 1. The second-order valence-electron chi connectivity index (χ2n) is 12.6. The maximum absolute atomic E-state index is 12.8. The van der Waals surface area contributed by atoms with Gasteiger partial charge in [-0.2, -0.15) is 0 Å². The quantitative estimate of drug-likeness (QED) is 0.135. The third-order valence-electron chi connectivity index (χ3n) is 9.07. The van der Waals surface area contributed by atoms with E-state index in [9.17, 15) is 14.7 Å². The Kier molecular flexibility index (Phi) is 12.8. The van der Waals surface area contributed by atoms with Crippen molar-refractivity contribution in [2.24, 2.45) is 0 Å². The van der Waals surface area contributed by atoms with Gasteiger partial charge in [-0.15, -0.1) is 0 Å². The maximum atomic E-state index is 12.8. The van der Waals surface area contributed by atoms with Crippen molar-refractivity contribution < 1.29 is 33.6 Å². The minimum absolute atomic E-state index is 0.108. The highest BCUT2D eigenvalue weighted by Crippen LogP contribution is 2.33. The van der Waals surface area contributed by atoms with Gasteiger partial charge in [0, 0.05) is 35.3 Å². The summed E-state index contributed by atoms with van der Waals surface area (Å²) in [7, 11) is 6.44. The van der Waals surface area contributed by atoms with Crippen LogP contribution in [0.1, 0.15) is 40.2 Å². The normalized spacial score (nSPS) is 12.4. The number of ether oxygens (including phenoxy) is 4. The SMILES string of the molecule is COc1ccc(-c2ncc(C(=O)NN3CCCCC3)nc2-c2ccc(OC)cc2)cc1.COc1ccc(-c2ncc(C(=O)O)nc2-c2ccc(OC)cc2)cc1. The van der Waals surface area contributed by atoms with Crippen molar-refractivity contribution in [1.82, 2.24) is 30.4 Å². The van der Waals surface area contributed by atoms with E-state index in [0.717, 1.165) is 65.4 Å². The molecule has 2 N–H and O–H groups in total. The van der Waals surface area contributed by atoms with E-state index in [-0.39, 0.29) is 17.3 Å². The second kappa shape index (κ2) is 18.5. The molecule has 1 aliphatic heterocycles.